The number of nitrogens with one attached hydrogen (secondary N) is 3. The van der Waals surface area contributed by atoms with Crippen molar-refractivity contribution in [3.63, 3.8) is 0 Å². The molecule has 0 bridgehead atoms. The normalized spacial score (nSPS) is 19.2. The largest absolute Gasteiger partial charge is 0.348 e. The number of carbonyl (C=O) groups is 4. The number of carbonyl (C=O) groups excluding carboxylic acids is 4. The van der Waals surface area contributed by atoms with E-state index in [9.17, 15) is 42.0 Å². The van der Waals surface area contributed by atoms with Crippen LogP contribution in [0.5, 0.6) is 0 Å². The molecule has 52 heavy (non-hydrogen) atoms. The quantitative estimate of drug-likeness (QED) is 0.167. The molecule has 14 heteroatoms. The van der Waals surface area contributed by atoms with Gasteiger partial charge >= 0.3 is 0 Å². The lowest BCUT2D eigenvalue weighted by Crippen LogP contribution is -2.57. The average molecular weight is 717 g/mol. The van der Waals surface area contributed by atoms with Crippen molar-refractivity contribution in [1.82, 2.24) is 20.1 Å². The van der Waals surface area contributed by atoms with Crippen LogP contribution in [0.3, 0.4) is 0 Å². The third-order valence-corrected chi connectivity index (χ3v) is 9.78. The number of likely N-dealkylation sites (N-methyl/N-ethyl adjacent to an activating group) is 1. The molecule has 2 aliphatic heterocycles. The molecule has 4 aromatic rings. The molecule has 0 radical (unpaired) electrons. The van der Waals surface area contributed by atoms with E-state index in [1.165, 1.54) is 41.1 Å². The minimum absolute atomic E-state index is 0.0524. The van der Waals surface area contributed by atoms with Gasteiger partial charge < -0.3 is 25.4 Å². The van der Waals surface area contributed by atoms with Gasteiger partial charge in [-0.15, -0.1) is 0 Å². The van der Waals surface area contributed by atoms with E-state index in [1.807, 2.05) is 20.8 Å². The van der Waals surface area contributed by atoms with Crippen molar-refractivity contribution in [3.8, 4) is 6.07 Å². The molecular formula is C38H36F4N6O4. The Morgan fingerprint density at radius 2 is 1.75 bits per heavy atom. The number of anilines is 1. The van der Waals surface area contributed by atoms with E-state index in [-0.39, 0.29) is 42.8 Å². The maximum Gasteiger partial charge on any atom is 0.268 e. The number of halogens is 4. The summed E-state index contributed by atoms with van der Waals surface area (Å²) in [7, 11) is 1.39. The van der Waals surface area contributed by atoms with Gasteiger partial charge in [-0.2, -0.15) is 5.26 Å². The molecule has 4 amide bonds. The zero-order valence-electron chi connectivity index (χ0n) is 28.8. The van der Waals surface area contributed by atoms with E-state index in [4.69, 9.17) is 0 Å². The standard InChI is InChI=1S/C38H36F4N6O4/c1-37(2,3)17-30(35(51)48-19-38(16-22(48)18-43)24-7-5-6-8-27(24)46-36(38)52)47(4)34(50)29(13-20-9-11-21(39)12-10-20)45-33(49)28-14-23-25(40)15-26(41)31(42)32(23)44-28/h5-12,14-15,22,29-30,44H,13,16-17,19H2,1-4H3,(H,45,49)(H,46,52)/t22-,29?,30-,38-/m0/s1. The van der Waals surface area contributed by atoms with Crippen molar-refractivity contribution in [2.75, 3.05) is 18.9 Å². The lowest BCUT2D eigenvalue weighted by atomic mass is 9.80. The van der Waals surface area contributed by atoms with Gasteiger partial charge in [-0.3, -0.25) is 19.2 Å². The smallest absolute Gasteiger partial charge is 0.268 e. The fraction of sp³-hybridized carbons (Fsp3) is 0.342. The molecule has 1 saturated heterocycles. The molecule has 1 fully saturated rings. The molecule has 3 N–H and O–H groups in total. The highest BCUT2D eigenvalue weighted by Gasteiger charge is 2.57. The van der Waals surface area contributed by atoms with Crippen molar-refractivity contribution < 1.29 is 36.7 Å². The SMILES string of the molecule is CN(C(=O)C(Cc1ccc(F)cc1)NC(=O)c1cc2c(F)cc(F)c(F)c2[nH]1)[C@@H](CC(C)(C)C)C(=O)N1C[C@]2(C[C@H]1C#N)C(=O)Nc1ccccc12. The molecule has 3 heterocycles. The summed E-state index contributed by atoms with van der Waals surface area (Å²) in [5.41, 5.74) is -0.923. The van der Waals surface area contributed by atoms with Crippen molar-refractivity contribution in [2.45, 2.75) is 63.6 Å². The Morgan fingerprint density at radius 3 is 2.42 bits per heavy atom. The lowest BCUT2D eigenvalue weighted by Gasteiger charge is -2.37. The molecule has 270 valence electrons. The fourth-order valence-corrected chi connectivity index (χ4v) is 7.15. The number of nitrogens with zero attached hydrogens (tertiary/aromatic N) is 3. The molecule has 0 aliphatic carbocycles. The van der Waals surface area contributed by atoms with Crippen LogP contribution in [-0.4, -0.2) is 70.1 Å². The van der Waals surface area contributed by atoms with Crippen LogP contribution in [0.1, 0.15) is 55.2 Å². The highest BCUT2D eigenvalue weighted by atomic mass is 19.2. The van der Waals surface area contributed by atoms with Crippen molar-refractivity contribution in [2.24, 2.45) is 5.41 Å². The van der Waals surface area contributed by atoms with Crippen molar-refractivity contribution in [1.29, 1.82) is 5.26 Å². The minimum atomic E-state index is -1.46. The summed E-state index contributed by atoms with van der Waals surface area (Å²) in [5, 5.41) is 15.2. The van der Waals surface area contributed by atoms with Crippen LogP contribution in [0.2, 0.25) is 0 Å². The molecule has 0 saturated carbocycles. The first kappa shape index (κ1) is 36.1. The van der Waals surface area contributed by atoms with E-state index in [0.29, 0.717) is 22.9 Å². The van der Waals surface area contributed by atoms with E-state index < -0.39 is 75.5 Å². The average Bonchev–Trinajstić information content (AvgIpc) is 3.80. The van der Waals surface area contributed by atoms with Gasteiger partial charge in [-0.1, -0.05) is 51.1 Å². The van der Waals surface area contributed by atoms with Crippen LogP contribution >= 0.6 is 0 Å². The first-order valence-corrected chi connectivity index (χ1v) is 16.6. The van der Waals surface area contributed by atoms with Crippen LogP contribution in [0.15, 0.2) is 60.7 Å². The highest BCUT2D eigenvalue weighted by molar-refractivity contribution is 6.07. The minimum Gasteiger partial charge on any atom is -0.348 e. The third-order valence-electron chi connectivity index (χ3n) is 9.78. The number of benzene rings is 3. The van der Waals surface area contributed by atoms with E-state index >= 15 is 0 Å². The van der Waals surface area contributed by atoms with Crippen molar-refractivity contribution >= 4 is 40.2 Å². The Labute approximate surface area is 296 Å². The maximum absolute atomic E-state index is 14.6. The monoisotopic (exact) mass is 716 g/mol. The highest BCUT2D eigenvalue weighted by Crippen LogP contribution is 2.46. The van der Waals surface area contributed by atoms with Gasteiger partial charge in [0.1, 0.15) is 35.5 Å². The summed E-state index contributed by atoms with van der Waals surface area (Å²) in [4.78, 5) is 60.8. The van der Waals surface area contributed by atoms with Gasteiger partial charge in [0.05, 0.1) is 17.0 Å². The van der Waals surface area contributed by atoms with Gasteiger partial charge in [0.15, 0.2) is 11.6 Å². The van der Waals surface area contributed by atoms with E-state index in [1.54, 1.807) is 24.3 Å². The molecule has 3 aromatic carbocycles. The number of rotatable bonds is 8. The van der Waals surface area contributed by atoms with Crippen LogP contribution in [0, 0.1) is 40.0 Å². The number of H-pyrrole nitrogens is 1. The number of nitriles is 1. The fourth-order valence-electron chi connectivity index (χ4n) is 7.15. The van der Waals surface area contributed by atoms with E-state index in [2.05, 4.69) is 21.7 Å². The van der Waals surface area contributed by atoms with Crippen LogP contribution in [-0.2, 0) is 26.2 Å². The summed E-state index contributed by atoms with van der Waals surface area (Å²) in [6, 6.07) is 12.2. The number of hydrogen-bond donors (Lipinski definition) is 3. The zero-order valence-corrected chi connectivity index (χ0v) is 28.8. The summed E-state index contributed by atoms with van der Waals surface area (Å²) >= 11 is 0. The van der Waals surface area contributed by atoms with Crippen LogP contribution in [0.25, 0.3) is 10.9 Å². The molecular weight excluding hydrogens is 680 g/mol. The predicted molar refractivity (Wildman–Crippen MR) is 183 cm³/mol. The molecule has 6 rings (SSSR count). The Morgan fingerprint density at radius 1 is 1.06 bits per heavy atom. The molecule has 1 unspecified atom stereocenters. The second kappa shape index (κ2) is 13.4. The number of likely N-dealkylation sites (tertiary alicyclic amines) is 1. The third kappa shape index (κ3) is 6.58. The number of hydrogen-bond acceptors (Lipinski definition) is 5. The number of aromatic amines is 1. The number of aromatic nitrogens is 1. The Hall–Kier alpha value is -5.71. The van der Waals surface area contributed by atoms with Gasteiger partial charge in [0.2, 0.25) is 17.7 Å². The second-order valence-electron chi connectivity index (χ2n) is 14.6. The summed E-state index contributed by atoms with van der Waals surface area (Å²) in [6.07, 6.45) is 0.00643. The Kier molecular flexibility index (Phi) is 9.33. The number of fused-ring (bicyclic) bond motifs is 3. The number of amides is 4. The van der Waals surface area contributed by atoms with Gasteiger partial charge in [-0.25, -0.2) is 17.6 Å². The lowest BCUT2D eigenvalue weighted by molar-refractivity contribution is -0.147. The summed E-state index contributed by atoms with van der Waals surface area (Å²) in [5.74, 6) is -7.08. The maximum atomic E-state index is 14.6. The van der Waals surface area contributed by atoms with E-state index in [0.717, 1.165) is 6.07 Å². The van der Waals surface area contributed by atoms with Gasteiger partial charge in [0, 0.05) is 43.6 Å². The van der Waals surface area contributed by atoms with Crippen molar-refractivity contribution in [3.05, 3.63) is 101 Å². The summed E-state index contributed by atoms with van der Waals surface area (Å²) in [6.45, 7) is 5.51. The van der Waals surface area contributed by atoms with Crippen LogP contribution in [0.4, 0.5) is 23.2 Å². The molecule has 4 atom stereocenters. The first-order chi connectivity index (χ1) is 24.5. The molecule has 1 aromatic heterocycles. The first-order valence-electron chi connectivity index (χ1n) is 16.6. The molecule has 10 nitrogen and oxygen atoms in total. The van der Waals surface area contributed by atoms with Gasteiger partial charge in [0.25, 0.3) is 5.91 Å². The molecule has 1 spiro atoms. The van der Waals surface area contributed by atoms with Gasteiger partial charge in [-0.05, 0) is 47.2 Å². The second-order valence-corrected chi connectivity index (χ2v) is 14.6. The van der Waals surface area contributed by atoms with Crippen LogP contribution < -0.4 is 10.6 Å². The Bertz CT molecular complexity index is 2140. The Balaban J connectivity index is 1.33. The topological polar surface area (TPSA) is 138 Å². The predicted octanol–water partition coefficient (Wildman–Crippen LogP) is 5.34. The summed E-state index contributed by atoms with van der Waals surface area (Å²) < 4.78 is 56.6. The number of para-hydroxylation sites is 1. The zero-order chi connectivity index (χ0) is 37.7. The molecule has 2 aliphatic rings.